The molecule has 0 aliphatic rings. The number of aromatic nitrogens is 1. The molecule has 0 radical (unpaired) electrons. The van der Waals surface area contributed by atoms with Crippen molar-refractivity contribution in [1.29, 1.82) is 0 Å². The number of aryl methyl sites for hydroxylation is 1. The average Bonchev–Trinajstić information content (AvgIpc) is 2.48. The number of hydrogen-bond donors (Lipinski definition) is 1. The normalized spacial score (nSPS) is 12.4. The maximum atomic E-state index is 14.0. The largest absolute Gasteiger partial charge is 0.310 e. The number of pyridine rings is 1. The quantitative estimate of drug-likeness (QED) is 0.871. The minimum Gasteiger partial charge on any atom is -0.310 e. The summed E-state index contributed by atoms with van der Waals surface area (Å²) in [5.74, 6) is -1.59. The van der Waals surface area contributed by atoms with E-state index in [1.54, 1.807) is 18.3 Å². The van der Waals surface area contributed by atoms with Crippen molar-refractivity contribution in [2.75, 3.05) is 6.54 Å². The highest BCUT2D eigenvalue weighted by Crippen LogP contribution is 2.23. The Balaban J connectivity index is 2.30. The third-order valence-corrected chi connectivity index (χ3v) is 3.51. The minimum atomic E-state index is -0.812. The van der Waals surface area contributed by atoms with E-state index in [2.05, 4.69) is 10.3 Å². The van der Waals surface area contributed by atoms with Crippen molar-refractivity contribution in [3.05, 3.63) is 65.0 Å². The van der Waals surface area contributed by atoms with Gasteiger partial charge in [0.05, 0.1) is 0 Å². The fourth-order valence-electron chi connectivity index (χ4n) is 2.33. The van der Waals surface area contributed by atoms with E-state index in [4.69, 9.17) is 0 Å². The first-order valence-corrected chi connectivity index (χ1v) is 7.21. The Morgan fingerprint density at radius 2 is 2.00 bits per heavy atom. The zero-order chi connectivity index (χ0) is 15.2. The summed E-state index contributed by atoms with van der Waals surface area (Å²) < 4.78 is 27.5. The summed E-state index contributed by atoms with van der Waals surface area (Å²) in [6.45, 7) is 4.76. The molecule has 1 atom stereocenters. The molecule has 1 aromatic heterocycles. The molecule has 0 fully saturated rings. The second kappa shape index (κ2) is 7.27. The molecule has 2 nitrogen and oxygen atoms in total. The summed E-state index contributed by atoms with van der Waals surface area (Å²) in [5.41, 5.74) is 2.31. The van der Waals surface area contributed by atoms with Gasteiger partial charge in [0.25, 0.3) is 0 Å². The Bertz CT molecular complexity index is 599. The van der Waals surface area contributed by atoms with Crippen LogP contribution >= 0.6 is 0 Å². The molecule has 1 heterocycles. The molecule has 0 spiro atoms. The first-order chi connectivity index (χ1) is 10.1. The fraction of sp³-hybridized carbons (Fsp3) is 0.353. The number of hydrogen-bond acceptors (Lipinski definition) is 2. The molecule has 2 rings (SSSR count). The van der Waals surface area contributed by atoms with Crippen molar-refractivity contribution in [3.63, 3.8) is 0 Å². The first-order valence-electron chi connectivity index (χ1n) is 7.21. The van der Waals surface area contributed by atoms with Crippen LogP contribution in [0.5, 0.6) is 0 Å². The van der Waals surface area contributed by atoms with Crippen molar-refractivity contribution in [1.82, 2.24) is 10.3 Å². The van der Waals surface area contributed by atoms with Crippen LogP contribution in [0.2, 0.25) is 0 Å². The van der Waals surface area contributed by atoms with E-state index in [1.165, 1.54) is 0 Å². The van der Waals surface area contributed by atoms with Gasteiger partial charge in [0, 0.05) is 29.9 Å². The van der Waals surface area contributed by atoms with E-state index in [0.717, 1.165) is 30.3 Å². The van der Waals surface area contributed by atoms with E-state index in [-0.39, 0.29) is 6.04 Å². The Kier molecular flexibility index (Phi) is 5.39. The van der Waals surface area contributed by atoms with E-state index >= 15 is 0 Å². The highest BCUT2D eigenvalue weighted by Gasteiger charge is 2.19. The number of nitrogens with one attached hydrogen (secondary N) is 1. The van der Waals surface area contributed by atoms with Gasteiger partial charge in [-0.05, 0) is 37.6 Å². The van der Waals surface area contributed by atoms with Crippen LogP contribution in [0.15, 0.2) is 36.5 Å². The molecule has 112 valence electrons. The van der Waals surface area contributed by atoms with E-state index < -0.39 is 11.6 Å². The molecule has 0 aliphatic carbocycles. The van der Waals surface area contributed by atoms with Crippen LogP contribution in [0.3, 0.4) is 0 Å². The highest BCUT2D eigenvalue weighted by atomic mass is 19.2. The molecule has 1 N–H and O–H groups in total. The smallest absolute Gasteiger partial charge is 0.163 e. The third-order valence-electron chi connectivity index (χ3n) is 3.51. The van der Waals surface area contributed by atoms with Gasteiger partial charge in [-0.15, -0.1) is 0 Å². The molecular formula is C17H20F2N2. The number of halogens is 2. The van der Waals surface area contributed by atoms with Gasteiger partial charge >= 0.3 is 0 Å². The summed E-state index contributed by atoms with van der Waals surface area (Å²) in [6.07, 6.45) is 3.18. The Hall–Kier alpha value is -1.81. The summed E-state index contributed by atoms with van der Waals surface area (Å²) in [4.78, 5) is 4.35. The van der Waals surface area contributed by atoms with Crippen molar-refractivity contribution in [2.45, 2.75) is 32.7 Å². The van der Waals surface area contributed by atoms with Crippen molar-refractivity contribution >= 4 is 0 Å². The average molecular weight is 290 g/mol. The zero-order valence-corrected chi connectivity index (χ0v) is 12.4. The maximum absolute atomic E-state index is 14.0. The molecule has 0 aliphatic heterocycles. The molecule has 0 saturated heterocycles. The van der Waals surface area contributed by atoms with Gasteiger partial charge in [0.1, 0.15) is 0 Å². The van der Waals surface area contributed by atoms with Crippen LogP contribution in [0.25, 0.3) is 0 Å². The van der Waals surface area contributed by atoms with Crippen LogP contribution in [0.4, 0.5) is 8.78 Å². The molecule has 0 amide bonds. The van der Waals surface area contributed by atoms with E-state index in [0.29, 0.717) is 12.0 Å². The molecule has 0 bridgehead atoms. The van der Waals surface area contributed by atoms with Crippen molar-refractivity contribution in [2.24, 2.45) is 0 Å². The lowest BCUT2D eigenvalue weighted by Gasteiger charge is -2.20. The molecule has 1 unspecified atom stereocenters. The van der Waals surface area contributed by atoms with Gasteiger partial charge in [0.2, 0.25) is 0 Å². The highest BCUT2D eigenvalue weighted by molar-refractivity contribution is 5.26. The Morgan fingerprint density at radius 3 is 2.71 bits per heavy atom. The van der Waals surface area contributed by atoms with Gasteiger partial charge in [-0.1, -0.05) is 25.1 Å². The first kappa shape index (κ1) is 15.6. The molecular weight excluding hydrogens is 270 g/mol. The lowest BCUT2D eigenvalue weighted by molar-refractivity contribution is 0.457. The predicted octanol–water partition coefficient (Wildman–Crippen LogP) is 3.95. The Labute approximate surface area is 124 Å². The Morgan fingerprint density at radius 1 is 1.19 bits per heavy atom. The molecule has 1 aromatic carbocycles. The zero-order valence-electron chi connectivity index (χ0n) is 12.4. The molecule has 2 aromatic rings. The third kappa shape index (κ3) is 3.85. The van der Waals surface area contributed by atoms with Crippen LogP contribution in [0.1, 0.15) is 36.2 Å². The topological polar surface area (TPSA) is 24.9 Å². The van der Waals surface area contributed by atoms with Gasteiger partial charge in [-0.2, -0.15) is 0 Å². The summed E-state index contributed by atoms with van der Waals surface area (Å²) in [5, 5.41) is 3.28. The fourth-order valence-corrected chi connectivity index (χ4v) is 2.33. The minimum absolute atomic E-state index is 0.283. The van der Waals surface area contributed by atoms with Gasteiger partial charge in [-0.25, -0.2) is 8.78 Å². The lowest BCUT2D eigenvalue weighted by Crippen LogP contribution is -2.26. The van der Waals surface area contributed by atoms with Gasteiger partial charge in [0.15, 0.2) is 11.6 Å². The summed E-state index contributed by atoms with van der Waals surface area (Å²) in [6, 6.07) is 7.87. The second-order valence-corrected chi connectivity index (χ2v) is 5.12. The number of rotatable bonds is 6. The lowest BCUT2D eigenvalue weighted by atomic mass is 9.99. The van der Waals surface area contributed by atoms with Crippen LogP contribution in [-0.4, -0.2) is 11.5 Å². The van der Waals surface area contributed by atoms with Gasteiger partial charge in [-0.3, -0.25) is 4.98 Å². The summed E-state index contributed by atoms with van der Waals surface area (Å²) >= 11 is 0. The summed E-state index contributed by atoms with van der Waals surface area (Å²) in [7, 11) is 0. The monoisotopic (exact) mass is 290 g/mol. The second-order valence-electron chi connectivity index (χ2n) is 5.12. The van der Waals surface area contributed by atoms with Crippen molar-refractivity contribution in [3.8, 4) is 0 Å². The molecule has 4 heteroatoms. The van der Waals surface area contributed by atoms with Gasteiger partial charge < -0.3 is 5.32 Å². The SMILES string of the molecule is CCCNC(Cc1ncccc1C)c1cccc(F)c1F. The van der Waals surface area contributed by atoms with E-state index in [9.17, 15) is 8.78 Å². The number of benzene rings is 1. The predicted molar refractivity (Wildman–Crippen MR) is 80.1 cm³/mol. The molecule has 21 heavy (non-hydrogen) atoms. The number of nitrogens with zero attached hydrogens (tertiary/aromatic N) is 1. The maximum Gasteiger partial charge on any atom is 0.163 e. The van der Waals surface area contributed by atoms with Crippen LogP contribution in [0, 0.1) is 18.6 Å². The standard InChI is InChI=1S/C17H20F2N2/c1-3-9-20-16(11-15-12(2)6-5-10-21-15)13-7-4-8-14(18)17(13)19/h4-8,10,16,20H,3,9,11H2,1-2H3. The molecule has 0 saturated carbocycles. The van der Waals surface area contributed by atoms with Crippen LogP contribution < -0.4 is 5.32 Å². The van der Waals surface area contributed by atoms with E-state index in [1.807, 2.05) is 26.0 Å². The van der Waals surface area contributed by atoms with Crippen molar-refractivity contribution < 1.29 is 8.78 Å². The van der Waals surface area contributed by atoms with Crippen LogP contribution in [-0.2, 0) is 6.42 Å².